The summed E-state index contributed by atoms with van der Waals surface area (Å²) in [7, 11) is -0.131. The Bertz CT molecular complexity index is 292. The third-order valence-electron chi connectivity index (χ3n) is 1.41. The molecule has 0 amide bonds. The molecule has 0 aromatic carbocycles. The van der Waals surface area contributed by atoms with Gasteiger partial charge in [0.2, 0.25) is 0 Å². The minimum atomic E-state index is -0.911. The van der Waals surface area contributed by atoms with Crippen molar-refractivity contribution in [2.45, 2.75) is 26.4 Å². The van der Waals surface area contributed by atoms with E-state index in [-0.39, 0.29) is 11.2 Å². The molecule has 5 heteroatoms. The van der Waals surface area contributed by atoms with Crippen molar-refractivity contribution in [3.8, 4) is 0 Å². The number of rotatable bonds is 1. The lowest BCUT2D eigenvalue weighted by Gasteiger charge is -2.19. The smallest absolute Gasteiger partial charge is 0.292 e. The molecule has 0 bridgehead atoms. The van der Waals surface area contributed by atoms with Crippen molar-refractivity contribution in [1.29, 1.82) is 0 Å². The average Bonchev–Trinajstić information content (AvgIpc) is 2.03. The van der Waals surface area contributed by atoms with Crippen LogP contribution in [0.1, 0.15) is 20.8 Å². The first-order chi connectivity index (χ1) is 5.99. The summed E-state index contributed by atoms with van der Waals surface area (Å²) in [5, 5.41) is 0. The molecule has 13 heavy (non-hydrogen) atoms. The highest BCUT2D eigenvalue weighted by molar-refractivity contribution is 7.20. The third-order valence-corrected chi connectivity index (χ3v) is 12.1. The molecule has 0 spiro atoms. The second-order valence-corrected chi connectivity index (χ2v) is 13.6. The zero-order valence-electron chi connectivity index (χ0n) is 8.20. The van der Waals surface area contributed by atoms with Crippen molar-refractivity contribution in [3.05, 3.63) is 17.4 Å². The maximum Gasteiger partial charge on any atom is 0.292 e. The minimum Gasteiger partial charge on any atom is -0.461 e. The molecule has 0 aliphatic carbocycles. The first-order valence-corrected chi connectivity index (χ1v) is 11.0. The Morgan fingerprint density at radius 2 is 2.15 bits per heavy atom. The van der Waals surface area contributed by atoms with E-state index in [0.717, 1.165) is 0 Å². The summed E-state index contributed by atoms with van der Waals surface area (Å²) >= 11 is 0. The van der Waals surface area contributed by atoms with Crippen LogP contribution in [0.25, 0.3) is 0 Å². The van der Waals surface area contributed by atoms with E-state index in [0.29, 0.717) is 16.7 Å². The molecule has 0 aliphatic heterocycles. The molecule has 0 N–H and O–H groups in total. The van der Waals surface area contributed by atoms with E-state index in [1.807, 2.05) is 26.8 Å². The van der Waals surface area contributed by atoms with Gasteiger partial charge in [-0.05, 0) is 37.5 Å². The van der Waals surface area contributed by atoms with Crippen LogP contribution in [0.4, 0.5) is 4.79 Å². The van der Waals surface area contributed by atoms with Crippen LogP contribution in [-0.4, -0.2) is 35.8 Å². The summed E-state index contributed by atoms with van der Waals surface area (Å²) in [5.41, 5.74) is 4.03. The topological polar surface area (TPSA) is 26.3 Å². The van der Waals surface area contributed by atoms with Crippen molar-refractivity contribution < 1.29 is 9.53 Å². The van der Waals surface area contributed by atoms with Gasteiger partial charge in [0.25, 0.3) is 5.59 Å². The van der Waals surface area contributed by atoms with E-state index >= 15 is 0 Å². The second-order valence-electron chi connectivity index (χ2n) is 3.87. The van der Waals surface area contributed by atoms with Crippen LogP contribution in [0.5, 0.6) is 0 Å². The summed E-state index contributed by atoms with van der Waals surface area (Å²) in [6.45, 7) is 5.77. The average molecular weight is 226 g/mol. The molecule has 0 aliphatic rings. The van der Waals surface area contributed by atoms with Crippen molar-refractivity contribution >= 4 is 30.2 Å². The minimum absolute atomic E-state index is 0.0596. The lowest BCUT2D eigenvalue weighted by Crippen LogP contribution is -2.29. The molecule has 0 saturated heterocycles. The first-order valence-electron chi connectivity index (χ1n) is 4.27. The van der Waals surface area contributed by atoms with Crippen molar-refractivity contribution in [2.75, 3.05) is 0 Å². The van der Waals surface area contributed by atoms with E-state index < -0.39 is 7.90 Å². The van der Waals surface area contributed by atoms with Crippen LogP contribution in [0.2, 0.25) is 0 Å². The van der Waals surface area contributed by atoms with E-state index in [1.165, 1.54) is 0 Å². The monoisotopic (exact) mass is 226 g/mol. The predicted molar refractivity (Wildman–Crippen MR) is 59.5 cm³/mol. The summed E-state index contributed by atoms with van der Waals surface area (Å²) in [5.74, 6) is 0. The maximum absolute atomic E-state index is 11.6. The Kier molecular flexibility index (Phi) is 3.57. The largest absolute Gasteiger partial charge is 0.461 e. The van der Waals surface area contributed by atoms with Crippen LogP contribution in [0.3, 0.4) is 0 Å². The highest BCUT2D eigenvalue weighted by Gasteiger charge is 2.17. The number of hydrogen-bond donors (Lipinski definition) is 0. The Hall–Kier alpha value is -0.269. The van der Waals surface area contributed by atoms with Gasteiger partial charge in [0.05, 0.1) is 0 Å². The van der Waals surface area contributed by atoms with Gasteiger partial charge in [-0.25, -0.2) is 0 Å². The number of carbonyl (C=O) groups excluding carboxylic acids is 1. The summed E-state index contributed by atoms with van der Waals surface area (Å²) in [4.78, 5) is 11.6. The summed E-state index contributed by atoms with van der Waals surface area (Å²) < 4.78 is 5.35. The highest BCUT2D eigenvalue weighted by Crippen LogP contribution is 2.07. The van der Waals surface area contributed by atoms with Crippen molar-refractivity contribution in [1.82, 2.24) is 0 Å². The van der Waals surface area contributed by atoms with Gasteiger partial charge in [0.1, 0.15) is 13.5 Å². The number of hydrogen-bond acceptors (Lipinski definition) is 2. The SMILES string of the molecule is CC(C)(C)OC(=O)[si]1ccc[siH][siH]1. The van der Waals surface area contributed by atoms with Crippen molar-refractivity contribution in [3.63, 3.8) is 0 Å². The van der Waals surface area contributed by atoms with Gasteiger partial charge in [0, 0.05) is 0 Å². The molecular weight excluding hydrogens is 212 g/mol. The number of ether oxygens (including phenoxy) is 1. The van der Waals surface area contributed by atoms with Crippen LogP contribution >= 0.6 is 0 Å². The van der Waals surface area contributed by atoms with Crippen molar-refractivity contribution in [2.24, 2.45) is 0 Å². The zero-order chi connectivity index (χ0) is 9.90. The molecule has 0 atom stereocenters. The van der Waals surface area contributed by atoms with Gasteiger partial charge in [-0.2, -0.15) is 0 Å². The molecule has 2 nitrogen and oxygen atoms in total. The standard InChI is InChI=1S/C8H14O2Si3/c1-8(2,3)10-7(9)13-6-4-5-11-12-13/h4-6,11-12H,1-3H3. The fourth-order valence-corrected chi connectivity index (χ4v) is 10.5. The molecule has 1 rings (SSSR count). The third kappa shape index (κ3) is 3.97. The molecule has 0 radical (unpaired) electrons. The Morgan fingerprint density at radius 1 is 1.46 bits per heavy atom. The van der Waals surface area contributed by atoms with Gasteiger partial charge < -0.3 is 4.74 Å². The molecular formula is C8H14O2Si3. The van der Waals surface area contributed by atoms with Crippen LogP contribution in [0, 0.1) is 0 Å². The zero-order valence-corrected chi connectivity index (χ0v) is 11.5. The maximum atomic E-state index is 11.6. The fourth-order valence-electron chi connectivity index (χ4n) is 0.911. The molecule has 0 saturated carbocycles. The quantitative estimate of drug-likeness (QED) is 0.657. The summed E-state index contributed by atoms with van der Waals surface area (Å²) in [6.07, 6.45) is 0. The second kappa shape index (κ2) is 4.30. The van der Waals surface area contributed by atoms with Crippen LogP contribution < -0.4 is 0 Å². The predicted octanol–water partition coefficient (Wildman–Crippen LogP) is 0.636. The fraction of sp³-hybridized carbons (Fsp3) is 0.500. The summed E-state index contributed by atoms with van der Waals surface area (Å²) in [6, 6.07) is 2.05. The molecule has 1 aromatic heterocycles. The Morgan fingerprint density at radius 3 is 2.62 bits per heavy atom. The molecule has 0 fully saturated rings. The molecule has 1 aromatic rings. The van der Waals surface area contributed by atoms with Gasteiger partial charge in [-0.1, -0.05) is 17.4 Å². The van der Waals surface area contributed by atoms with E-state index in [2.05, 4.69) is 11.4 Å². The Balaban J connectivity index is 2.71. The van der Waals surface area contributed by atoms with Crippen LogP contribution in [0.15, 0.2) is 17.4 Å². The number of carbonyl (C=O) groups is 1. The van der Waals surface area contributed by atoms with Gasteiger partial charge in [-0.3, -0.25) is 4.79 Å². The van der Waals surface area contributed by atoms with Gasteiger partial charge in [0.15, 0.2) is 0 Å². The van der Waals surface area contributed by atoms with E-state index in [9.17, 15) is 4.79 Å². The highest BCUT2D eigenvalue weighted by atomic mass is 29.3. The van der Waals surface area contributed by atoms with Gasteiger partial charge in [-0.15, -0.1) is 0 Å². The normalized spacial score (nSPS) is 11.0. The molecule has 0 unspecified atom stereocenters. The van der Waals surface area contributed by atoms with E-state index in [1.54, 1.807) is 0 Å². The molecule has 1 heterocycles. The lowest BCUT2D eigenvalue weighted by atomic mass is 10.2. The Labute approximate surface area is 83.9 Å². The lowest BCUT2D eigenvalue weighted by molar-refractivity contribution is 0.0719. The van der Waals surface area contributed by atoms with E-state index in [4.69, 9.17) is 4.74 Å². The van der Waals surface area contributed by atoms with Crippen LogP contribution in [-0.2, 0) is 4.74 Å². The molecule has 70 valence electrons. The van der Waals surface area contributed by atoms with Gasteiger partial charge >= 0.3 is 0 Å². The first kappa shape index (κ1) is 10.8.